The van der Waals surface area contributed by atoms with Crippen molar-refractivity contribution in [3.63, 3.8) is 0 Å². The van der Waals surface area contributed by atoms with Crippen LogP contribution in [-0.4, -0.2) is 22.5 Å². The molecule has 0 spiro atoms. The van der Waals surface area contributed by atoms with E-state index < -0.39 is 0 Å². The summed E-state index contributed by atoms with van der Waals surface area (Å²) in [7, 11) is 0. The average molecular weight is 325 g/mol. The number of fused-ring (bicyclic) bond motifs is 5. The Labute approximate surface area is 142 Å². The van der Waals surface area contributed by atoms with Gasteiger partial charge in [0.2, 0.25) is 11.8 Å². The number of carbonyl (C=O) groups excluding carboxylic acids is 3. The molecule has 4 saturated carbocycles. The van der Waals surface area contributed by atoms with Crippen LogP contribution in [0.1, 0.15) is 39.0 Å². The van der Waals surface area contributed by atoms with E-state index in [0.29, 0.717) is 23.7 Å². The van der Waals surface area contributed by atoms with Crippen LogP contribution in [0.2, 0.25) is 0 Å². The van der Waals surface area contributed by atoms with Crippen molar-refractivity contribution in [1.82, 2.24) is 4.90 Å². The summed E-state index contributed by atoms with van der Waals surface area (Å²) in [6.45, 7) is 5.53. The normalized spacial score (nSPS) is 44.8. The van der Waals surface area contributed by atoms with Gasteiger partial charge in [-0.15, -0.1) is 0 Å². The molecule has 7 unspecified atom stereocenters. The highest BCUT2D eigenvalue weighted by Gasteiger charge is 2.67. The molecular formula is C20H23NO3. The van der Waals surface area contributed by atoms with Crippen molar-refractivity contribution in [1.29, 1.82) is 0 Å². The molecule has 0 aromatic carbocycles. The molecule has 5 aliphatic rings. The highest BCUT2D eigenvalue weighted by atomic mass is 16.2. The third-order valence-corrected chi connectivity index (χ3v) is 7.37. The van der Waals surface area contributed by atoms with E-state index >= 15 is 0 Å². The number of imide groups is 1. The number of likely N-dealkylation sites (tertiary alicyclic amines) is 1. The van der Waals surface area contributed by atoms with Crippen LogP contribution in [0.5, 0.6) is 0 Å². The fourth-order valence-corrected chi connectivity index (χ4v) is 6.08. The maximum Gasteiger partial charge on any atom is 0.237 e. The Morgan fingerprint density at radius 3 is 2.38 bits per heavy atom. The molecule has 0 radical (unpaired) electrons. The largest absolute Gasteiger partial charge is 0.295 e. The van der Waals surface area contributed by atoms with Gasteiger partial charge in [0.05, 0.1) is 11.8 Å². The summed E-state index contributed by atoms with van der Waals surface area (Å²) < 4.78 is 0. The lowest BCUT2D eigenvalue weighted by Crippen LogP contribution is -2.32. The number of rotatable bonds is 4. The summed E-state index contributed by atoms with van der Waals surface area (Å²) in [5.41, 5.74) is 2.17. The third kappa shape index (κ3) is 1.77. The van der Waals surface area contributed by atoms with Crippen LogP contribution < -0.4 is 0 Å². The molecule has 1 saturated heterocycles. The zero-order valence-electron chi connectivity index (χ0n) is 14.0. The van der Waals surface area contributed by atoms with Crippen molar-refractivity contribution in [3.8, 4) is 0 Å². The third-order valence-electron chi connectivity index (χ3n) is 7.37. The van der Waals surface area contributed by atoms with E-state index in [1.54, 1.807) is 0 Å². The summed E-state index contributed by atoms with van der Waals surface area (Å²) in [6.07, 6.45) is 6.48. The SMILES string of the molecule is C=CC(=O)C1CC1C1CC2CC1C1C(=O)N(C(C)=C3CC3)C(=O)C21. The molecule has 5 rings (SSSR count). The maximum absolute atomic E-state index is 13.0. The van der Waals surface area contributed by atoms with E-state index in [-0.39, 0.29) is 35.4 Å². The van der Waals surface area contributed by atoms with Crippen molar-refractivity contribution < 1.29 is 14.4 Å². The van der Waals surface area contributed by atoms with Crippen molar-refractivity contribution >= 4 is 17.6 Å². The zero-order valence-corrected chi connectivity index (χ0v) is 14.0. The summed E-state index contributed by atoms with van der Waals surface area (Å²) in [6, 6.07) is 0. The van der Waals surface area contributed by atoms with Crippen molar-refractivity contribution in [3.05, 3.63) is 23.9 Å². The first-order valence-electron chi connectivity index (χ1n) is 9.25. The number of ketones is 1. The molecule has 2 amide bonds. The van der Waals surface area contributed by atoms with Gasteiger partial charge in [0, 0.05) is 11.6 Å². The minimum absolute atomic E-state index is 0.0475. The van der Waals surface area contributed by atoms with E-state index in [9.17, 15) is 14.4 Å². The Morgan fingerprint density at radius 2 is 1.71 bits per heavy atom. The lowest BCUT2D eigenvalue weighted by molar-refractivity contribution is -0.138. The van der Waals surface area contributed by atoms with Crippen LogP contribution in [-0.2, 0) is 14.4 Å². The van der Waals surface area contributed by atoms with E-state index in [1.165, 1.54) is 16.5 Å². The van der Waals surface area contributed by atoms with Gasteiger partial charge in [-0.3, -0.25) is 19.3 Å². The first-order chi connectivity index (χ1) is 11.5. The highest BCUT2D eigenvalue weighted by Crippen LogP contribution is 2.65. The molecule has 2 bridgehead atoms. The van der Waals surface area contributed by atoms with Crippen LogP contribution in [0.25, 0.3) is 0 Å². The monoisotopic (exact) mass is 325 g/mol. The highest BCUT2D eigenvalue weighted by molar-refractivity contribution is 6.07. The number of nitrogens with zero attached hydrogens (tertiary/aromatic N) is 1. The van der Waals surface area contributed by atoms with Crippen LogP contribution in [0.15, 0.2) is 23.9 Å². The first-order valence-corrected chi connectivity index (χ1v) is 9.25. The van der Waals surface area contributed by atoms with Crippen LogP contribution >= 0.6 is 0 Å². The maximum atomic E-state index is 13.0. The molecule has 5 fully saturated rings. The van der Waals surface area contributed by atoms with Gasteiger partial charge in [-0.1, -0.05) is 6.58 Å². The number of carbonyl (C=O) groups is 3. The molecule has 4 aliphatic carbocycles. The molecule has 0 aromatic rings. The van der Waals surface area contributed by atoms with Gasteiger partial charge >= 0.3 is 0 Å². The second-order valence-electron chi connectivity index (χ2n) is 8.42. The molecular weight excluding hydrogens is 302 g/mol. The van der Waals surface area contributed by atoms with E-state index in [1.807, 2.05) is 6.92 Å². The fourth-order valence-electron chi connectivity index (χ4n) is 6.08. The number of allylic oxidation sites excluding steroid dienone is 3. The molecule has 24 heavy (non-hydrogen) atoms. The Balaban J connectivity index is 1.40. The smallest absolute Gasteiger partial charge is 0.237 e. The van der Waals surface area contributed by atoms with Crippen LogP contribution in [0.4, 0.5) is 0 Å². The first kappa shape index (κ1) is 14.6. The molecule has 7 atom stereocenters. The van der Waals surface area contributed by atoms with Gasteiger partial charge in [-0.05, 0) is 74.3 Å². The number of hydrogen-bond acceptors (Lipinski definition) is 3. The minimum Gasteiger partial charge on any atom is -0.295 e. The zero-order chi connectivity index (χ0) is 16.7. The molecule has 1 aliphatic heterocycles. The predicted molar refractivity (Wildman–Crippen MR) is 87.3 cm³/mol. The van der Waals surface area contributed by atoms with E-state index in [2.05, 4.69) is 6.58 Å². The lowest BCUT2D eigenvalue weighted by Gasteiger charge is -2.28. The van der Waals surface area contributed by atoms with Crippen LogP contribution in [0, 0.1) is 41.4 Å². The quantitative estimate of drug-likeness (QED) is 0.590. The van der Waals surface area contributed by atoms with Crippen molar-refractivity contribution in [2.45, 2.75) is 39.0 Å². The van der Waals surface area contributed by atoms with E-state index in [4.69, 9.17) is 0 Å². The molecule has 1 heterocycles. The molecule has 126 valence electrons. The topological polar surface area (TPSA) is 54.5 Å². The second-order valence-corrected chi connectivity index (χ2v) is 8.42. The molecule has 4 nitrogen and oxygen atoms in total. The summed E-state index contributed by atoms with van der Waals surface area (Å²) in [5, 5.41) is 0. The standard InChI is InChI=1S/C20H23NO3/c1-3-16(22)14-8-13(14)12-6-11-7-15(12)18-17(11)19(23)21(20(18)24)9(2)10-4-5-10/h3,11-15,17-18H,1,4-8H2,2H3. The van der Waals surface area contributed by atoms with Crippen molar-refractivity contribution in [2.24, 2.45) is 41.4 Å². The Hall–Kier alpha value is -1.71. The molecule has 0 aromatic heterocycles. The Morgan fingerprint density at radius 1 is 1.04 bits per heavy atom. The van der Waals surface area contributed by atoms with Gasteiger partial charge in [0.15, 0.2) is 5.78 Å². The number of amides is 2. The Bertz CT molecular complexity index is 714. The molecule has 4 heteroatoms. The van der Waals surface area contributed by atoms with Gasteiger partial charge in [-0.25, -0.2) is 0 Å². The average Bonchev–Trinajstić information content (AvgIpc) is 3.48. The summed E-state index contributed by atoms with van der Waals surface area (Å²) in [4.78, 5) is 39.3. The van der Waals surface area contributed by atoms with Gasteiger partial charge in [0.1, 0.15) is 0 Å². The summed E-state index contributed by atoms with van der Waals surface area (Å²) in [5.74, 6) is 1.73. The second kappa shape index (κ2) is 4.68. The minimum atomic E-state index is -0.115. The Kier molecular flexibility index (Phi) is 2.85. The fraction of sp³-hybridized carbons (Fsp3) is 0.650. The van der Waals surface area contributed by atoms with Crippen LogP contribution in [0.3, 0.4) is 0 Å². The summed E-state index contributed by atoms with van der Waals surface area (Å²) >= 11 is 0. The number of hydrogen-bond donors (Lipinski definition) is 0. The van der Waals surface area contributed by atoms with Crippen molar-refractivity contribution in [2.75, 3.05) is 0 Å². The predicted octanol–water partition coefficient (Wildman–Crippen LogP) is 2.70. The van der Waals surface area contributed by atoms with Gasteiger partial charge in [-0.2, -0.15) is 0 Å². The van der Waals surface area contributed by atoms with Gasteiger partial charge in [0.25, 0.3) is 0 Å². The van der Waals surface area contributed by atoms with E-state index in [0.717, 1.165) is 37.8 Å². The lowest BCUT2D eigenvalue weighted by atomic mass is 9.73. The van der Waals surface area contributed by atoms with Gasteiger partial charge < -0.3 is 0 Å². The molecule has 0 N–H and O–H groups in total.